The van der Waals surface area contributed by atoms with Crippen molar-refractivity contribution < 1.29 is 28.7 Å². The molecule has 1 aliphatic rings. The summed E-state index contributed by atoms with van der Waals surface area (Å²) in [5, 5.41) is 7.50. The second-order valence-electron chi connectivity index (χ2n) is 15.4. The summed E-state index contributed by atoms with van der Waals surface area (Å²) in [6, 6.07) is 16.8. The second kappa shape index (κ2) is 18.1. The monoisotopic (exact) mass is 792 g/mol. The molecular formula is C44H56N8O6. The van der Waals surface area contributed by atoms with Gasteiger partial charge in [-0.05, 0) is 72.2 Å². The van der Waals surface area contributed by atoms with Gasteiger partial charge in [0.25, 0.3) is 0 Å². The summed E-state index contributed by atoms with van der Waals surface area (Å²) in [5.41, 5.74) is 5.65. The van der Waals surface area contributed by atoms with Crippen molar-refractivity contribution in [2.24, 2.45) is 11.8 Å². The van der Waals surface area contributed by atoms with Crippen LogP contribution in [0.25, 0.3) is 44.2 Å². The molecule has 4 amide bonds. The molecule has 3 aromatic carbocycles. The van der Waals surface area contributed by atoms with Crippen LogP contribution in [-0.2, 0) is 19.1 Å². The Labute approximate surface area is 339 Å². The number of hydrogen-bond donors (Lipinski definition) is 4. The van der Waals surface area contributed by atoms with Gasteiger partial charge in [0.15, 0.2) is 0 Å². The lowest BCUT2D eigenvalue weighted by Crippen LogP contribution is -2.52. The number of alkyl carbamates (subject to hydrolysis) is 2. The molecule has 0 saturated carbocycles. The first kappa shape index (κ1) is 41.7. The SMILES string of the molecule is CCC(C)C(NC(=O)OC)C(=O)N1CCCC1c1ncc(-c2ccc(-c3ccc4c(ccc5[nH]c(C(CC)N(CC)C(=O)C(NC(=O)OC)C(C)C)nc54)c3)cc2)[nH]1. The van der Waals surface area contributed by atoms with E-state index in [-0.39, 0.29) is 35.7 Å². The molecule has 58 heavy (non-hydrogen) atoms. The molecule has 5 unspecified atom stereocenters. The van der Waals surface area contributed by atoms with Crippen LogP contribution in [0.1, 0.15) is 91.0 Å². The smallest absolute Gasteiger partial charge is 0.407 e. The number of likely N-dealkylation sites (tertiary alicyclic amines) is 1. The molecule has 0 radical (unpaired) electrons. The maximum absolute atomic E-state index is 13.8. The van der Waals surface area contributed by atoms with Crippen molar-refractivity contribution in [1.29, 1.82) is 0 Å². The van der Waals surface area contributed by atoms with Gasteiger partial charge in [0.2, 0.25) is 11.8 Å². The van der Waals surface area contributed by atoms with Crippen LogP contribution in [0.5, 0.6) is 0 Å². The van der Waals surface area contributed by atoms with Gasteiger partial charge in [-0.3, -0.25) is 9.59 Å². The molecule has 14 nitrogen and oxygen atoms in total. The fourth-order valence-electron chi connectivity index (χ4n) is 7.99. The number of aromatic amines is 2. The molecule has 1 saturated heterocycles. The van der Waals surface area contributed by atoms with Crippen LogP contribution in [0.2, 0.25) is 0 Å². The zero-order valence-electron chi connectivity index (χ0n) is 34.7. The Hall–Kier alpha value is -5.92. The van der Waals surface area contributed by atoms with Crippen LogP contribution in [0.3, 0.4) is 0 Å². The molecule has 4 N–H and O–H groups in total. The molecule has 2 aromatic heterocycles. The van der Waals surface area contributed by atoms with E-state index >= 15 is 0 Å². The quantitative estimate of drug-likeness (QED) is 0.0878. The van der Waals surface area contributed by atoms with Crippen molar-refractivity contribution in [2.45, 2.75) is 91.4 Å². The van der Waals surface area contributed by atoms with E-state index in [0.29, 0.717) is 25.3 Å². The third-order valence-corrected chi connectivity index (χ3v) is 11.5. The molecule has 0 spiro atoms. The van der Waals surface area contributed by atoms with Gasteiger partial charge >= 0.3 is 12.2 Å². The summed E-state index contributed by atoms with van der Waals surface area (Å²) in [6.45, 7) is 12.7. The third kappa shape index (κ3) is 8.51. The van der Waals surface area contributed by atoms with Gasteiger partial charge in [-0.25, -0.2) is 19.6 Å². The largest absolute Gasteiger partial charge is 0.453 e. The summed E-state index contributed by atoms with van der Waals surface area (Å²) in [4.78, 5) is 72.0. The zero-order valence-corrected chi connectivity index (χ0v) is 34.7. The van der Waals surface area contributed by atoms with Gasteiger partial charge in [0, 0.05) is 18.5 Å². The number of aromatic nitrogens is 4. The molecule has 0 aliphatic carbocycles. The van der Waals surface area contributed by atoms with Crippen LogP contribution < -0.4 is 10.6 Å². The number of carbonyl (C=O) groups excluding carboxylic acids is 4. The van der Waals surface area contributed by atoms with Gasteiger partial charge < -0.3 is 39.9 Å². The zero-order chi connectivity index (χ0) is 41.7. The highest BCUT2D eigenvalue weighted by Gasteiger charge is 2.38. The van der Waals surface area contributed by atoms with Gasteiger partial charge in [-0.2, -0.15) is 0 Å². The van der Waals surface area contributed by atoms with E-state index in [0.717, 1.165) is 69.3 Å². The molecule has 1 fully saturated rings. The Kier molecular flexibility index (Phi) is 13.0. The lowest BCUT2D eigenvalue weighted by Gasteiger charge is -2.33. The van der Waals surface area contributed by atoms with Crippen LogP contribution >= 0.6 is 0 Å². The Morgan fingerprint density at radius 2 is 1.53 bits per heavy atom. The molecule has 0 bridgehead atoms. The lowest BCUT2D eigenvalue weighted by atomic mass is 9.97. The van der Waals surface area contributed by atoms with Crippen molar-refractivity contribution >= 4 is 45.8 Å². The average molecular weight is 793 g/mol. The number of imidazole rings is 2. The molecule has 308 valence electrons. The minimum absolute atomic E-state index is 0.0581. The van der Waals surface area contributed by atoms with Gasteiger partial charge in [0.1, 0.15) is 23.7 Å². The first-order valence-corrected chi connectivity index (χ1v) is 20.3. The Morgan fingerprint density at radius 3 is 2.17 bits per heavy atom. The van der Waals surface area contributed by atoms with Gasteiger partial charge in [-0.1, -0.05) is 83.5 Å². The number of hydrogen-bond acceptors (Lipinski definition) is 8. The standard InChI is InChI=1S/C44H56N8O6/c1-9-26(6)37(50-44(56)58-8)42(54)52-22-12-13-35(52)39-45-24-33(47-39)28-16-14-27(15-17-28)29-18-20-31-30(23-29)19-21-32-38(31)48-40(46-32)34(10-2)51(11-3)41(53)36(25(4)5)49-43(55)57-7/h14-21,23-26,34-37H,9-13,22H2,1-8H3,(H,45,47)(H,46,48)(H,49,55)(H,50,56). The van der Waals surface area contributed by atoms with Crippen molar-refractivity contribution in [3.8, 4) is 22.4 Å². The fourth-order valence-corrected chi connectivity index (χ4v) is 7.99. The van der Waals surface area contributed by atoms with Crippen molar-refractivity contribution in [1.82, 2.24) is 40.4 Å². The maximum Gasteiger partial charge on any atom is 0.407 e. The van der Waals surface area contributed by atoms with Crippen LogP contribution in [0.15, 0.2) is 60.8 Å². The first-order valence-electron chi connectivity index (χ1n) is 20.3. The number of carbonyl (C=O) groups is 4. The van der Waals surface area contributed by atoms with E-state index in [1.807, 2.05) is 58.7 Å². The van der Waals surface area contributed by atoms with Crippen LogP contribution in [0, 0.1) is 11.8 Å². The van der Waals surface area contributed by atoms with E-state index < -0.39 is 24.3 Å². The van der Waals surface area contributed by atoms with E-state index in [4.69, 9.17) is 19.4 Å². The van der Waals surface area contributed by atoms with E-state index in [9.17, 15) is 19.2 Å². The minimum atomic E-state index is -0.733. The highest BCUT2D eigenvalue weighted by Crippen LogP contribution is 2.35. The van der Waals surface area contributed by atoms with E-state index in [1.165, 1.54) is 14.2 Å². The summed E-state index contributed by atoms with van der Waals surface area (Å²) in [5.74, 6) is 0.916. The number of fused-ring (bicyclic) bond motifs is 3. The van der Waals surface area contributed by atoms with Crippen molar-refractivity contribution in [3.63, 3.8) is 0 Å². The molecule has 6 rings (SSSR count). The Bertz CT molecular complexity index is 2250. The molecule has 3 heterocycles. The van der Waals surface area contributed by atoms with Crippen LogP contribution in [-0.4, -0.2) is 93.1 Å². The Balaban J connectivity index is 1.20. The lowest BCUT2D eigenvalue weighted by molar-refractivity contribution is -0.137. The molecule has 14 heteroatoms. The number of nitrogens with zero attached hydrogens (tertiary/aromatic N) is 4. The normalized spacial score (nSPS) is 16.2. The molecule has 1 aliphatic heterocycles. The van der Waals surface area contributed by atoms with Gasteiger partial charge in [-0.15, -0.1) is 0 Å². The Morgan fingerprint density at radius 1 is 0.862 bits per heavy atom. The summed E-state index contributed by atoms with van der Waals surface area (Å²) in [7, 11) is 2.59. The number of rotatable bonds is 14. The number of nitrogens with one attached hydrogen (secondary N) is 4. The highest BCUT2D eigenvalue weighted by atomic mass is 16.5. The summed E-state index contributed by atoms with van der Waals surface area (Å²) >= 11 is 0. The number of ether oxygens (including phenoxy) is 2. The van der Waals surface area contributed by atoms with Crippen LogP contribution in [0.4, 0.5) is 9.59 Å². The summed E-state index contributed by atoms with van der Waals surface area (Å²) in [6.07, 6.45) is 3.55. The van der Waals surface area contributed by atoms with Crippen molar-refractivity contribution in [2.75, 3.05) is 27.3 Å². The molecular weight excluding hydrogens is 737 g/mol. The number of likely N-dealkylation sites (N-methyl/N-ethyl adjacent to an activating group) is 1. The molecule has 5 atom stereocenters. The second-order valence-corrected chi connectivity index (χ2v) is 15.4. The van der Waals surface area contributed by atoms with E-state index in [1.54, 1.807) is 4.90 Å². The predicted octanol–water partition coefficient (Wildman–Crippen LogP) is 7.89. The third-order valence-electron chi connectivity index (χ3n) is 11.5. The number of H-pyrrole nitrogens is 2. The van der Waals surface area contributed by atoms with Crippen molar-refractivity contribution in [3.05, 3.63) is 72.4 Å². The number of methoxy groups -OCH3 is 2. The number of amides is 4. The first-order chi connectivity index (χ1) is 27.9. The topological polar surface area (TPSA) is 175 Å². The predicted molar refractivity (Wildman–Crippen MR) is 224 cm³/mol. The molecule has 5 aromatic rings. The van der Waals surface area contributed by atoms with E-state index in [2.05, 4.69) is 69.1 Å². The number of benzene rings is 3. The fraction of sp³-hybridized carbons (Fsp3) is 0.455. The highest BCUT2D eigenvalue weighted by molar-refractivity contribution is 6.05. The maximum atomic E-state index is 13.8. The van der Waals surface area contributed by atoms with Gasteiger partial charge in [0.05, 0.1) is 49.2 Å². The summed E-state index contributed by atoms with van der Waals surface area (Å²) < 4.78 is 9.60. The minimum Gasteiger partial charge on any atom is -0.453 e. The average Bonchev–Trinajstić information content (AvgIpc) is 4.03.